The minimum absolute atomic E-state index is 0.276. The van der Waals surface area contributed by atoms with Gasteiger partial charge in [-0.1, -0.05) is 30.3 Å². The van der Waals surface area contributed by atoms with E-state index >= 15 is 0 Å². The Hall–Kier alpha value is -2.75. The Balaban J connectivity index is 1.93. The number of carbonyl (C=O) groups is 1. The maximum atomic E-state index is 11.2. The van der Waals surface area contributed by atoms with Crippen molar-refractivity contribution < 1.29 is 14.6 Å². The van der Waals surface area contributed by atoms with Crippen LogP contribution in [0, 0.1) is 6.92 Å². The number of rotatable bonds is 4. The van der Waals surface area contributed by atoms with Gasteiger partial charge in [-0.2, -0.15) is 0 Å². The van der Waals surface area contributed by atoms with Gasteiger partial charge in [-0.05, 0) is 36.2 Å². The van der Waals surface area contributed by atoms with Crippen molar-refractivity contribution in [3.05, 3.63) is 65.4 Å². The molecule has 0 fully saturated rings. The first kappa shape index (κ1) is 14.2. The summed E-state index contributed by atoms with van der Waals surface area (Å²) in [5.74, 6) is -0.179. The van der Waals surface area contributed by atoms with Crippen LogP contribution in [0.4, 0.5) is 0 Å². The van der Waals surface area contributed by atoms with Gasteiger partial charge in [-0.25, -0.2) is 4.79 Å². The number of benzene rings is 2. The fourth-order valence-corrected chi connectivity index (χ4v) is 2.73. The Kier molecular flexibility index (Phi) is 3.59. The average molecular weight is 295 g/mol. The molecular formula is C18H17NO3. The van der Waals surface area contributed by atoms with E-state index in [1.165, 1.54) is 0 Å². The van der Waals surface area contributed by atoms with Crippen LogP contribution >= 0.6 is 0 Å². The van der Waals surface area contributed by atoms with Gasteiger partial charge in [-0.15, -0.1) is 0 Å². The summed E-state index contributed by atoms with van der Waals surface area (Å²) in [6.07, 6.45) is 0. The van der Waals surface area contributed by atoms with E-state index in [9.17, 15) is 9.90 Å². The lowest BCUT2D eigenvalue weighted by atomic mass is 10.1. The number of aromatic nitrogens is 1. The second-order valence-electron chi connectivity index (χ2n) is 5.35. The number of hydrogen-bond donors (Lipinski definition) is 1. The van der Waals surface area contributed by atoms with Gasteiger partial charge in [0, 0.05) is 12.4 Å². The zero-order chi connectivity index (χ0) is 15.7. The first-order valence-corrected chi connectivity index (χ1v) is 7.06. The number of ether oxygens (including phenoxy) is 1. The van der Waals surface area contributed by atoms with Crippen molar-refractivity contribution >= 4 is 16.9 Å². The van der Waals surface area contributed by atoms with E-state index in [0.29, 0.717) is 6.61 Å². The molecule has 0 aliphatic carbocycles. The summed E-state index contributed by atoms with van der Waals surface area (Å²) in [7, 11) is 1.77. The summed E-state index contributed by atoms with van der Waals surface area (Å²) in [6, 6.07) is 15.4. The number of carboxylic acid groups (broad SMARTS) is 1. The van der Waals surface area contributed by atoms with Gasteiger partial charge in [0.1, 0.15) is 18.1 Å². The Morgan fingerprint density at radius 3 is 2.59 bits per heavy atom. The fourth-order valence-electron chi connectivity index (χ4n) is 2.73. The molecule has 0 radical (unpaired) electrons. The maximum Gasteiger partial charge on any atom is 0.352 e. The van der Waals surface area contributed by atoms with Crippen molar-refractivity contribution in [2.45, 2.75) is 13.5 Å². The molecule has 4 nitrogen and oxygen atoms in total. The molecule has 0 aliphatic rings. The van der Waals surface area contributed by atoms with Crippen LogP contribution in [0.2, 0.25) is 0 Å². The van der Waals surface area contributed by atoms with Crippen LogP contribution in [0.5, 0.6) is 5.75 Å². The van der Waals surface area contributed by atoms with E-state index in [4.69, 9.17) is 4.74 Å². The zero-order valence-corrected chi connectivity index (χ0v) is 12.5. The minimum atomic E-state index is -0.926. The van der Waals surface area contributed by atoms with E-state index < -0.39 is 5.97 Å². The number of aromatic carboxylic acids is 1. The van der Waals surface area contributed by atoms with E-state index in [1.54, 1.807) is 17.7 Å². The van der Waals surface area contributed by atoms with Crippen molar-refractivity contribution in [3.8, 4) is 5.75 Å². The molecule has 0 atom stereocenters. The molecule has 0 bridgehead atoms. The lowest BCUT2D eigenvalue weighted by Gasteiger charge is -2.09. The Bertz CT molecular complexity index is 834. The van der Waals surface area contributed by atoms with Gasteiger partial charge in [-0.3, -0.25) is 0 Å². The lowest BCUT2D eigenvalue weighted by molar-refractivity contribution is 0.0687. The SMILES string of the molecule is Cc1cc(OCc2ccccc2)cc2cc(C(=O)O)n(C)c12. The summed E-state index contributed by atoms with van der Waals surface area (Å²) >= 11 is 0. The van der Waals surface area contributed by atoms with Crippen molar-refractivity contribution in [1.82, 2.24) is 4.57 Å². The van der Waals surface area contributed by atoms with Gasteiger partial charge in [0.25, 0.3) is 0 Å². The van der Waals surface area contributed by atoms with E-state index in [2.05, 4.69) is 0 Å². The molecule has 2 aromatic carbocycles. The van der Waals surface area contributed by atoms with Crippen molar-refractivity contribution in [3.63, 3.8) is 0 Å². The van der Waals surface area contributed by atoms with Gasteiger partial charge in [0.05, 0.1) is 5.52 Å². The molecule has 0 spiro atoms. The summed E-state index contributed by atoms with van der Waals surface area (Å²) in [6.45, 7) is 2.45. The Labute approximate surface area is 128 Å². The molecule has 4 heteroatoms. The third-order valence-electron chi connectivity index (χ3n) is 3.76. The van der Waals surface area contributed by atoms with E-state index in [-0.39, 0.29) is 5.69 Å². The van der Waals surface area contributed by atoms with Crippen LogP contribution in [0.25, 0.3) is 10.9 Å². The number of carboxylic acids is 1. The highest BCUT2D eigenvalue weighted by molar-refractivity contribution is 5.96. The van der Waals surface area contributed by atoms with Crippen LogP contribution in [-0.2, 0) is 13.7 Å². The molecule has 0 saturated heterocycles. The van der Waals surface area contributed by atoms with Gasteiger partial charge >= 0.3 is 5.97 Å². The zero-order valence-electron chi connectivity index (χ0n) is 12.5. The second-order valence-corrected chi connectivity index (χ2v) is 5.35. The smallest absolute Gasteiger partial charge is 0.352 e. The highest BCUT2D eigenvalue weighted by Crippen LogP contribution is 2.28. The summed E-state index contributed by atoms with van der Waals surface area (Å²) in [4.78, 5) is 11.2. The average Bonchev–Trinajstić information content (AvgIpc) is 2.84. The molecule has 1 aromatic heterocycles. The molecule has 112 valence electrons. The molecule has 0 unspecified atom stereocenters. The monoisotopic (exact) mass is 295 g/mol. The molecule has 3 rings (SSSR count). The second kappa shape index (κ2) is 5.56. The predicted octanol–water partition coefficient (Wildman–Crippen LogP) is 3.76. The fraction of sp³-hybridized carbons (Fsp3) is 0.167. The van der Waals surface area contributed by atoms with Crippen LogP contribution in [0.15, 0.2) is 48.5 Å². The quantitative estimate of drug-likeness (QED) is 0.797. The number of nitrogens with zero attached hydrogens (tertiary/aromatic N) is 1. The first-order chi connectivity index (χ1) is 10.6. The first-order valence-electron chi connectivity index (χ1n) is 7.06. The molecule has 0 amide bonds. The van der Waals surface area contributed by atoms with Crippen molar-refractivity contribution in [1.29, 1.82) is 0 Å². The molecule has 1 N–H and O–H groups in total. The highest BCUT2D eigenvalue weighted by Gasteiger charge is 2.14. The highest BCUT2D eigenvalue weighted by atomic mass is 16.5. The molecule has 22 heavy (non-hydrogen) atoms. The number of hydrogen-bond acceptors (Lipinski definition) is 2. The summed E-state index contributed by atoms with van der Waals surface area (Å²) in [5.41, 5.74) is 3.29. The maximum absolute atomic E-state index is 11.2. The molecule has 3 aromatic rings. The Morgan fingerprint density at radius 1 is 1.18 bits per heavy atom. The summed E-state index contributed by atoms with van der Waals surface area (Å²) < 4.78 is 7.54. The predicted molar refractivity (Wildman–Crippen MR) is 85.4 cm³/mol. The third-order valence-corrected chi connectivity index (χ3v) is 3.76. The largest absolute Gasteiger partial charge is 0.489 e. The normalized spacial score (nSPS) is 10.8. The van der Waals surface area contributed by atoms with E-state index in [1.807, 2.05) is 49.4 Å². The van der Waals surface area contributed by atoms with Gasteiger partial charge < -0.3 is 14.4 Å². The van der Waals surface area contributed by atoms with Crippen LogP contribution in [0.1, 0.15) is 21.6 Å². The summed E-state index contributed by atoms with van der Waals surface area (Å²) in [5, 5.41) is 10.1. The topological polar surface area (TPSA) is 51.5 Å². The lowest BCUT2D eigenvalue weighted by Crippen LogP contribution is -2.04. The number of aryl methyl sites for hydroxylation is 2. The Morgan fingerprint density at radius 2 is 1.91 bits per heavy atom. The van der Waals surface area contributed by atoms with Crippen LogP contribution < -0.4 is 4.74 Å². The molecular weight excluding hydrogens is 278 g/mol. The van der Waals surface area contributed by atoms with Gasteiger partial charge in [0.15, 0.2) is 0 Å². The van der Waals surface area contributed by atoms with E-state index in [0.717, 1.165) is 27.8 Å². The third kappa shape index (κ3) is 2.55. The molecule has 1 heterocycles. The van der Waals surface area contributed by atoms with Crippen molar-refractivity contribution in [2.75, 3.05) is 0 Å². The standard InChI is InChI=1S/C18H17NO3/c1-12-8-15(22-11-13-6-4-3-5-7-13)9-14-10-16(18(20)21)19(2)17(12)14/h3-10H,11H2,1-2H3,(H,20,21). The van der Waals surface area contributed by atoms with Crippen LogP contribution in [-0.4, -0.2) is 15.6 Å². The minimum Gasteiger partial charge on any atom is -0.489 e. The molecule has 0 aliphatic heterocycles. The number of fused-ring (bicyclic) bond motifs is 1. The molecule has 0 saturated carbocycles. The van der Waals surface area contributed by atoms with Crippen molar-refractivity contribution in [2.24, 2.45) is 7.05 Å². The van der Waals surface area contributed by atoms with Crippen LogP contribution in [0.3, 0.4) is 0 Å². The van der Waals surface area contributed by atoms with Gasteiger partial charge in [0.2, 0.25) is 0 Å².